The minimum atomic E-state index is -1.30. The van der Waals surface area contributed by atoms with Crippen LogP contribution in [-0.4, -0.2) is 60.7 Å². The molecule has 2 amide bonds. The van der Waals surface area contributed by atoms with Crippen molar-refractivity contribution in [2.75, 3.05) is 48.0 Å². The second-order valence-electron chi connectivity index (χ2n) is 11.5. The molecule has 4 aromatic rings. The Morgan fingerprint density at radius 2 is 1.75 bits per heavy atom. The van der Waals surface area contributed by atoms with Gasteiger partial charge in [-0.25, -0.2) is 14.2 Å². The van der Waals surface area contributed by atoms with Crippen LogP contribution in [0.4, 0.5) is 21.6 Å². The first kappa shape index (κ1) is 28.2. The molecular weight excluding hydrogens is 583 g/mol. The summed E-state index contributed by atoms with van der Waals surface area (Å²) in [4.78, 5) is 47.1. The summed E-state index contributed by atoms with van der Waals surface area (Å²) in [6.07, 6.45) is 3.91. The van der Waals surface area contributed by atoms with Gasteiger partial charge >= 0.3 is 5.97 Å². The van der Waals surface area contributed by atoms with E-state index in [4.69, 9.17) is 4.74 Å². The van der Waals surface area contributed by atoms with Gasteiger partial charge in [0.25, 0.3) is 11.8 Å². The zero-order valence-electron chi connectivity index (χ0n) is 23.7. The normalized spacial score (nSPS) is 16.8. The van der Waals surface area contributed by atoms with Crippen LogP contribution in [0.25, 0.3) is 10.4 Å². The molecule has 5 heterocycles. The fourth-order valence-electron chi connectivity index (χ4n) is 6.39. The Balaban J connectivity index is 1.07. The lowest BCUT2D eigenvalue weighted by Crippen LogP contribution is -2.59. The number of thiophene rings is 1. The van der Waals surface area contributed by atoms with Gasteiger partial charge in [0, 0.05) is 71.7 Å². The van der Waals surface area contributed by atoms with Crippen LogP contribution >= 0.6 is 11.3 Å². The number of nitrogens with one attached hydrogen (secondary N) is 1. The Labute approximate surface area is 256 Å². The number of carbonyl (C=O) groups excluding carboxylic acids is 2. The summed E-state index contributed by atoms with van der Waals surface area (Å²) < 4.78 is 20.5. The highest BCUT2D eigenvalue weighted by Crippen LogP contribution is 2.44. The van der Waals surface area contributed by atoms with E-state index in [2.05, 4.69) is 15.2 Å². The number of fused-ring (bicyclic) bond motifs is 3. The third-order valence-corrected chi connectivity index (χ3v) is 9.96. The quantitative estimate of drug-likeness (QED) is 0.297. The molecule has 44 heavy (non-hydrogen) atoms. The second-order valence-corrected chi connectivity index (χ2v) is 12.5. The average Bonchev–Trinajstić information content (AvgIpc) is 3.27. The van der Waals surface area contributed by atoms with Crippen molar-refractivity contribution in [1.29, 1.82) is 0 Å². The van der Waals surface area contributed by atoms with Crippen molar-refractivity contribution in [3.05, 3.63) is 94.2 Å². The van der Waals surface area contributed by atoms with Crippen molar-refractivity contribution in [2.45, 2.75) is 19.3 Å². The fourth-order valence-corrected chi connectivity index (χ4v) is 7.49. The molecule has 0 radical (unpaired) electrons. The number of amides is 2. The lowest BCUT2D eigenvalue weighted by Gasteiger charge is -2.53. The molecule has 3 aliphatic heterocycles. The molecule has 2 saturated heterocycles. The predicted octanol–water partition coefficient (Wildman–Crippen LogP) is 5.72. The van der Waals surface area contributed by atoms with Crippen LogP contribution in [-0.2, 0) is 11.2 Å². The highest BCUT2D eigenvalue weighted by atomic mass is 32.1. The Bertz CT molecular complexity index is 1780. The van der Waals surface area contributed by atoms with Crippen molar-refractivity contribution in [3.63, 3.8) is 0 Å². The lowest BCUT2D eigenvalue weighted by molar-refractivity contribution is -0.000511. The number of benzene rings is 2. The largest absolute Gasteiger partial charge is 0.477 e. The van der Waals surface area contributed by atoms with Crippen molar-refractivity contribution < 1.29 is 28.6 Å². The molecule has 11 heteroatoms. The monoisotopic (exact) mass is 612 g/mol. The molecule has 7 rings (SSSR count). The summed E-state index contributed by atoms with van der Waals surface area (Å²) in [6, 6.07) is 17.3. The highest BCUT2D eigenvalue weighted by Gasteiger charge is 2.45. The third kappa shape index (κ3) is 4.91. The number of para-hydroxylation sites is 1. The van der Waals surface area contributed by atoms with Crippen molar-refractivity contribution in [1.82, 2.24) is 4.98 Å². The van der Waals surface area contributed by atoms with Gasteiger partial charge in [-0.3, -0.25) is 9.59 Å². The number of halogens is 1. The summed E-state index contributed by atoms with van der Waals surface area (Å²) in [7, 11) is 0. The first-order valence-corrected chi connectivity index (χ1v) is 15.3. The van der Waals surface area contributed by atoms with Crippen LogP contribution in [0.15, 0.2) is 66.9 Å². The van der Waals surface area contributed by atoms with Crippen molar-refractivity contribution >= 4 is 46.3 Å². The van der Waals surface area contributed by atoms with Crippen molar-refractivity contribution in [2.24, 2.45) is 5.41 Å². The highest BCUT2D eigenvalue weighted by molar-refractivity contribution is 7.17. The maximum Gasteiger partial charge on any atom is 0.348 e. The number of rotatable bonds is 5. The molecule has 9 nitrogen and oxygen atoms in total. The Morgan fingerprint density at radius 1 is 1.00 bits per heavy atom. The van der Waals surface area contributed by atoms with E-state index in [1.165, 1.54) is 0 Å². The average molecular weight is 613 g/mol. The van der Waals surface area contributed by atoms with Gasteiger partial charge in [0.1, 0.15) is 10.7 Å². The molecule has 2 N–H and O–H groups in total. The van der Waals surface area contributed by atoms with E-state index >= 15 is 4.39 Å². The molecule has 0 aliphatic carbocycles. The number of aromatic nitrogens is 1. The van der Waals surface area contributed by atoms with Gasteiger partial charge in [0.15, 0.2) is 5.82 Å². The van der Waals surface area contributed by atoms with Gasteiger partial charge in [-0.1, -0.05) is 18.2 Å². The van der Waals surface area contributed by atoms with E-state index in [1.807, 2.05) is 0 Å². The van der Waals surface area contributed by atoms with Crippen LogP contribution < -0.4 is 15.1 Å². The van der Waals surface area contributed by atoms with E-state index in [9.17, 15) is 19.5 Å². The predicted molar refractivity (Wildman–Crippen MR) is 165 cm³/mol. The number of hydrogen-bond acceptors (Lipinski definition) is 7. The number of aromatic carboxylic acids is 1. The molecule has 2 aromatic carbocycles. The summed E-state index contributed by atoms with van der Waals surface area (Å²) in [5.41, 5.74) is 3.17. The Hall–Kier alpha value is -4.61. The maximum atomic E-state index is 15.0. The van der Waals surface area contributed by atoms with Gasteiger partial charge in [-0.2, -0.15) is 0 Å². The van der Waals surface area contributed by atoms with Crippen LogP contribution in [0.5, 0.6) is 0 Å². The Morgan fingerprint density at radius 3 is 2.50 bits per heavy atom. The van der Waals surface area contributed by atoms with Gasteiger partial charge < -0.3 is 25.0 Å². The number of carboxylic acids is 1. The van der Waals surface area contributed by atoms with E-state index in [0.29, 0.717) is 44.3 Å². The molecule has 224 valence electrons. The molecule has 2 aromatic heterocycles. The zero-order valence-corrected chi connectivity index (χ0v) is 24.5. The van der Waals surface area contributed by atoms with E-state index < -0.39 is 11.8 Å². The fraction of sp³-hybridized carbons (Fsp3) is 0.273. The number of hydrogen-bond donors (Lipinski definition) is 2. The first-order valence-electron chi connectivity index (χ1n) is 14.5. The van der Waals surface area contributed by atoms with E-state index in [1.54, 1.807) is 71.8 Å². The standard InChI is InChI=1S/C33H29FN4O5S/c34-26-23-11-15-38(25-6-2-1-4-22(25)27(23)44-28(26)32(41)42)31(40)20-7-9-21(10-8-20)36-30(39)24-5-3-14-35-29(24)37-18-33(19-37)12-16-43-17-13-33/h1-10,14H,11-13,15-19H2,(H,36,39)(H,41,42). The third-order valence-electron chi connectivity index (χ3n) is 8.73. The number of nitrogens with zero attached hydrogens (tertiary/aromatic N) is 3. The van der Waals surface area contributed by atoms with Gasteiger partial charge in [-0.15, -0.1) is 11.3 Å². The molecule has 0 bridgehead atoms. The minimum Gasteiger partial charge on any atom is -0.477 e. The number of carbonyl (C=O) groups is 3. The molecule has 2 fully saturated rings. The van der Waals surface area contributed by atoms with Crippen LogP contribution in [0.1, 0.15) is 48.8 Å². The van der Waals surface area contributed by atoms with Gasteiger partial charge in [0.2, 0.25) is 0 Å². The van der Waals surface area contributed by atoms with Crippen LogP contribution in [0, 0.1) is 11.2 Å². The van der Waals surface area contributed by atoms with Gasteiger partial charge in [0.05, 0.1) is 11.3 Å². The van der Waals surface area contributed by atoms with Gasteiger partial charge in [-0.05, 0) is 61.7 Å². The SMILES string of the molecule is O=C(Nc1ccc(C(=O)N2CCc3c(sc(C(=O)O)c3F)-c3ccccc32)cc1)c1cccnc1N1CC2(CCOCC2)C1. The maximum absolute atomic E-state index is 15.0. The number of ether oxygens (including phenoxy) is 1. The second kappa shape index (κ2) is 11.1. The topological polar surface area (TPSA) is 112 Å². The van der Waals surface area contributed by atoms with Crippen LogP contribution in [0.2, 0.25) is 0 Å². The van der Waals surface area contributed by atoms with Crippen molar-refractivity contribution in [3.8, 4) is 10.4 Å². The zero-order chi connectivity index (χ0) is 30.4. The number of anilines is 3. The minimum absolute atomic E-state index is 0.179. The van der Waals surface area contributed by atoms with Crippen LogP contribution in [0.3, 0.4) is 0 Å². The molecular formula is C33H29FN4O5S. The molecule has 3 aliphatic rings. The number of carboxylic acid groups (broad SMARTS) is 1. The summed E-state index contributed by atoms with van der Waals surface area (Å²) in [6.45, 7) is 3.43. The molecule has 0 unspecified atom stereocenters. The molecule has 1 spiro atoms. The Kier molecular flexibility index (Phi) is 7.14. The number of pyridine rings is 1. The van der Waals surface area contributed by atoms with E-state index in [-0.39, 0.29) is 35.1 Å². The summed E-state index contributed by atoms with van der Waals surface area (Å²) in [5, 5.41) is 12.4. The molecule has 0 atom stereocenters. The summed E-state index contributed by atoms with van der Waals surface area (Å²) >= 11 is 0.890. The first-order chi connectivity index (χ1) is 21.3. The smallest absolute Gasteiger partial charge is 0.348 e. The lowest BCUT2D eigenvalue weighted by atomic mass is 9.73. The van der Waals surface area contributed by atoms with E-state index in [0.717, 1.165) is 50.5 Å². The molecule has 0 saturated carbocycles. The summed E-state index contributed by atoms with van der Waals surface area (Å²) in [5.74, 6) is -1.94.